The summed E-state index contributed by atoms with van der Waals surface area (Å²) >= 11 is 0. The number of nitrogens with zero attached hydrogens (tertiary/aromatic N) is 1. The Morgan fingerprint density at radius 3 is 3.10 bits per heavy atom. The van der Waals surface area contributed by atoms with Crippen molar-refractivity contribution in [3.63, 3.8) is 0 Å². The molecule has 0 aliphatic heterocycles. The van der Waals surface area contributed by atoms with E-state index in [1.165, 1.54) is 19.0 Å². The first kappa shape index (κ1) is 5.79. The molecule has 0 aliphatic carbocycles. The van der Waals surface area contributed by atoms with Gasteiger partial charge in [0.05, 0.1) is 9.82 Å². The fourth-order valence-electron chi connectivity index (χ4n) is 1.52. The van der Waals surface area contributed by atoms with Crippen LogP contribution < -0.4 is 4.72 Å². The number of rotatable bonds is 6. The summed E-state index contributed by atoms with van der Waals surface area (Å²) in [6.07, 6.45) is 0.661. The lowest BCUT2D eigenvalue weighted by Gasteiger charge is -2.08. The van der Waals surface area contributed by atoms with Gasteiger partial charge in [-0.1, -0.05) is 6.04 Å². The zero-order valence-electron chi connectivity index (χ0n) is 22.9. The van der Waals surface area contributed by atoms with Crippen molar-refractivity contribution in [2.24, 2.45) is 0 Å². The predicted molar refractivity (Wildman–Crippen MR) is 82.2 cm³/mol. The van der Waals surface area contributed by atoms with Crippen LogP contribution in [0.4, 0.5) is 0 Å². The molecule has 0 fully saturated rings. The Balaban J connectivity index is 2.92. The molecule has 1 aromatic heterocycles. The molecular weight excluding hydrogens is 274 g/mol. The van der Waals surface area contributed by atoms with Crippen LogP contribution >= 0.6 is 0 Å². The molecule has 0 unspecified atom stereocenters. The van der Waals surface area contributed by atoms with Crippen molar-refractivity contribution in [1.29, 1.82) is 0 Å². The van der Waals surface area contributed by atoms with E-state index < -0.39 is 64.0 Å². The standard InChI is InChI=1S/C14H21N3O2S/c1-15-20(18,19)10-11-4-5-14-13(8-11)12(9-16-14)6-7-17(2)3/h4-5,8-9,15-16H,6-7,10H2,1-3H3/i1D3,4D,5D,7D2,8D,10D2/hD2. The van der Waals surface area contributed by atoms with Gasteiger partial charge in [0, 0.05) is 33.2 Å². The van der Waals surface area contributed by atoms with Crippen molar-refractivity contribution in [1.82, 2.24) is 14.6 Å². The van der Waals surface area contributed by atoms with Crippen LogP contribution in [0.15, 0.2) is 24.3 Å². The van der Waals surface area contributed by atoms with Gasteiger partial charge >= 0.3 is 0 Å². The largest absolute Gasteiger partial charge is 0.361 e. The van der Waals surface area contributed by atoms with E-state index in [9.17, 15) is 8.42 Å². The van der Waals surface area contributed by atoms with Crippen molar-refractivity contribution in [2.45, 2.75) is 12.1 Å². The summed E-state index contributed by atoms with van der Waals surface area (Å²) in [6, 6.07) is -2.78. The number of aromatic nitrogens is 1. The highest BCUT2D eigenvalue weighted by atomic mass is 32.2. The quantitative estimate of drug-likeness (QED) is 0.846. The normalized spacial score (nSPS) is 23.4. The van der Waals surface area contributed by atoms with Crippen LogP contribution in [0, 0.1) is 0 Å². The molecular formula is C14H21N3O2S. The van der Waals surface area contributed by atoms with E-state index >= 15 is 0 Å². The maximum Gasteiger partial charge on any atom is 0.215 e. The highest BCUT2D eigenvalue weighted by molar-refractivity contribution is 7.88. The first-order valence-corrected chi connectivity index (χ1v) is 6.98. The van der Waals surface area contributed by atoms with Crippen LogP contribution in [0.1, 0.15) is 24.8 Å². The highest BCUT2D eigenvalue weighted by Crippen LogP contribution is 2.21. The Kier molecular flexibility index (Phi) is 1.72. The molecule has 0 saturated heterocycles. The smallest absolute Gasteiger partial charge is 0.215 e. The molecule has 5 nitrogen and oxygen atoms in total. The number of fused-ring (bicyclic) bond motifs is 1. The Labute approximate surface area is 137 Å². The van der Waals surface area contributed by atoms with Crippen molar-refractivity contribution in [2.75, 3.05) is 27.6 Å². The number of likely N-dealkylation sites (N-methyl/N-ethyl adjacent to an activating group) is 1. The van der Waals surface area contributed by atoms with Gasteiger partial charge in [-0.2, -0.15) is 0 Å². The topological polar surface area (TPSA) is 65.2 Å². The fraction of sp³-hybridized carbons (Fsp3) is 0.429. The molecule has 0 amide bonds. The fourth-order valence-corrected chi connectivity index (χ4v) is 1.92. The van der Waals surface area contributed by atoms with E-state index in [-0.39, 0.29) is 16.5 Å². The molecule has 0 saturated carbocycles. The monoisotopic (exact) mass is 307 g/mol. The molecule has 1 aromatic carbocycles. The molecule has 110 valence electrons. The van der Waals surface area contributed by atoms with E-state index in [4.69, 9.17) is 16.5 Å². The summed E-state index contributed by atoms with van der Waals surface area (Å²) < 4.78 is 118. The maximum atomic E-state index is 12.6. The zero-order valence-corrected chi connectivity index (χ0v) is 11.7. The van der Waals surface area contributed by atoms with Crippen molar-refractivity contribution >= 4 is 20.9 Å². The van der Waals surface area contributed by atoms with Gasteiger partial charge in [-0.15, -0.1) is 0 Å². The molecule has 0 atom stereocenters. The van der Waals surface area contributed by atoms with Crippen LogP contribution in [0.5, 0.6) is 0 Å². The number of nitrogens with one attached hydrogen (secondary N) is 2. The Bertz CT molecular complexity index is 1160. The lowest BCUT2D eigenvalue weighted by atomic mass is 10.1. The number of aromatic amines is 1. The number of benzene rings is 1. The summed E-state index contributed by atoms with van der Waals surface area (Å²) in [4.78, 5) is 1.82. The average molecular weight is 307 g/mol. The SMILES string of the molecule is [2H]c1c(C([2H])([2H])S(=O)(=O)N([2H])C([2H])([2H])[2H])c([2H])c2c(CC([2H])([2H])N(C)C)cn([2H])c2c1[2H]. The van der Waals surface area contributed by atoms with Crippen molar-refractivity contribution < 1.29 is 24.9 Å². The van der Waals surface area contributed by atoms with Crippen molar-refractivity contribution in [3.8, 4) is 0 Å². The third-order valence-electron chi connectivity index (χ3n) is 2.40. The molecule has 0 aliphatic rings. The molecule has 2 N–H and O–H groups in total. The Hall–Kier alpha value is -1.37. The summed E-state index contributed by atoms with van der Waals surface area (Å²) in [5, 5.41) is -0.314. The lowest BCUT2D eigenvalue weighted by Crippen LogP contribution is -2.20. The van der Waals surface area contributed by atoms with Gasteiger partial charge in [0.1, 0.15) is 1.41 Å². The van der Waals surface area contributed by atoms with Crippen molar-refractivity contribution in [3.05, 3.63) is 35.5 Å². The first-order chi connectivity index (χ1) is 14.2. The summed E-state index contributed by atoms with van der Waals surface area (Å²) in [7, 11) is -2.75. The summed E-state index contributed by atoms with van der Waals surface area (Å²) in [5.41, 5.74) is -5.28. The van der Waals surface area contributed by atoms with Crippen LogP contribution in [0.2, 0.25) is 2.82 Å². The van der Waals surface area contributed by atoms with Gasteiger partial charge in [-0.05, 0) is 50.7 Å². The molecule has 0 spiro atoms. The van der Waals surface area contributed by atoms with Gasteiger partial charge in [0.2, 0.25) is 10.0 Å². The van der Waals surface area contributed by atoms with E-state index in [1.807, 2.05) is 0 Å². The van der Waals surface area contributed by atoms with Gasteiger partial charge in [0.25, 0.3) is 0 Å². The minimum absolute atomic E-state index is 0.0137. The number of H-pyrrole nitrogens is 1. The number of sulfonamides is 1. The van der Waals surface area contributed by atoms with E-state index in [1.54, 1.807) is 0 Å². The summed E-state index contributed by atoms with van der Waals surface area (Å²) in [6.45, 7) is -5.56. The van der Waals surface area contributed by atoms with Gasteiger partial charge in [-0.25, -0.2) is 13.1 Å². The highest BCUT2D eigenvalue weighted by Gasteiger charge is 2.11. The average Bonchev–Trinajstić information content (AvgIpc) is 2.93. The number of hydrogen-bond donors (Lipinski definition) is 2. The molecule has 0 radical (unpaired) electrons. The van der Waals surface area contributed by atoms with Crippen LogP contribution in [-0.4, -0.2) is 45.9 Å². The minimum Gasteiger partial charge on any atom is -0.361 e. The van der Waals surface area contributed by atoms with E-state index in [0.717, 1.165) is 6.20 Å². The van der Waals surface area contributed by atoms with Gasteiger partial charge < -0.3 is 9.88 Å². The second-order valence-electron chi connectivity index (χ2n) is 4.15. The van der Waals surface area contributed by atoms with Crippen LogP contribution in [-0.2, 0) is 22.1 Å². The van der Waals surface area contributed by atoms with E-state index in [2.05, 4.69) is 0 Å². The second kappa shape index (κ2) is 5.95. The van der Waals surface area contributed by atoms with Crippen LogP contribution in [0.3, 0.4) is 0 Å². The Morgan fingerprint density at radius 2 is 2.40 bits per heavy atom. The van der Waals surface area contributed by atoms with Crippen LogP contribution in [0.25, 0.3) is 10.9 Å². The summed E-state index contributed by atoms with van der Waals surface area (Å²) in [5.74, 6) is 0. The van der Waals surface area contributed by atoms with Gasteiger partial charge in [-0.3, -0.25) is 0 Å². The number of hydrogen-bond acceptors (Lipinski definition) is 3. The van der Waals surface area contributed by atoms with E-state index in [0.29, 0.717) is 4.98 Å². The lowest BCUT2D eigenvalue weighted by molar-refractivity contribution is 0.414. The molecule has 2 rings (SSSR count). The molecule has 20 heavy (non-hydrogen) atoms. The third-order valence-corrected chi connectivity index (χ3v) is 3.10. The molecule has 0 bridgehead atoms. The van der Waals surface area contributed by atoms with Gasteiger partial charge in [0.15, 0.2) is 1.41 Å². The maximum absolute atomic E-state index is 12.6. The third kappa shape index (κ3) is 3.59. The number of aryl methyl sites for hydroxylation is 1. The predicted octanol–water partition coefficient (Wildman–Crippen LogP) is 1.32. The molecule has 6 heteroatoms. The Morgan fingerprint density at radius 1 is 1.60 bits per heavy atom. The zero-order chi connectivity index (χ0) is 25.2. The minimum atomic E-state index is -5.62. The first-order valence-electron chi connectivity index (χ1n) is 11.4. The molecule has 2 aromatic rings. The second-order valence-corrected chi connectivity index (χ2v) is 5.49. The molecule has 1 heterocycles.